The van der Waals surface area contributed by atoms with Crippen molar-refractivity contribution in [2.24, 2.45) is 0 Å². The van der Waals surface area contributed by atoms with Gasteiger partial charge in [-0.1, -0.05) is 68.5 Å². The topological polar surface area (TPSA) is 26.3 Å². The van der Waals surface area contributed by atoms with E-state index in [2.05, 4.69) is 58.3 Å². The molecule has 0 heterocycles. The Labute approximate surface area is 166 Å². The van der Waals surface area contributed by atoms with Gasteiger partial charge in [-0.25, -0.2) is 4.79 Å². The number of hydrogen-bond donors (Lipinski definition) is 0. The van der Waals surface area contributed by atoms with Crippen LogP contribution in [0.1, 0.15) is 51.5 Å². The Bertz CT molecular complexity index is 526. The number of carbonyl (C=O) groups excluding carboxylic acids is 1. The Kier molecular flexibility index (Phi) is 13.1. The van der Waals surface area contributed by atoms with E-state index in [0.29, 0.717) is 17.6 Å². The van der Waals surface area contributed by atoms with Crippen molar-refractivity contribution in [1.82, 2.24) is 0 Å². The zero-order valence-corrected chi connectivity index (χ0v) is 17.7. The molecule has 1 aromatic rings. The highest BCUT2D eigenvalue weighted by Crippen LogP contribution is 2.09. The molecule has 0 aliphatic carbocycles. The third kappa shape index (κ3) is 12.1. The highest BCUT2D eigenvalue weighted by Gasteiger charge is 2.19. The molecular formula is C22H36ClNO2. The summed E-state index contributed by atoms with van der Waals surface area (Å²) in [7, 11) is 4.16. The average molecular weight is 382 g/mol. The number of benzene rings is 1. The van der Waals surface area contributed by atoms with Gasteiger partial charge in [0.05, 0.1) is 27.2 Å². The lowest BCUT2D eigenvalue weighted by Gasteiger charge is -2.27. The second-order valence-electron chi connectivity index (χ2n) is 7.62. The van der Waals surface area contributed by atoms with Gasteiger partial charge in [-0.05, 0) is 31.4 Å². The molecule has 4 heteroatoms. The van der Waals surface area contributed by atoms with Crippen molar-refractivity contribution in [1.29, 1.82) is 0 Å². The van der Waals surface area contributed by atoms with E-state index >= 15 is 0 Å². The minimum absolute atomic E-state index is 0. The summed E-state index contributed by atoms with van der Waals surface area (Å²) in [6, 6.07) is 10.5. The van der Waals surface area contributed by atoms with Crippen molar-refractivity contribution in [3.63, 3.8) is 0 Å². The predicted molar refractivity (Wildman–Crippen MR) is 105 cm³/mol. The summed E-state index contributed by atoms with van der Waals surface area (Å²) in [5.74, 6) is -0.0883. The molecule has 0 aliphatic heterocycles. The Morgan fingerprint density at radius 3 is 2.38 bits per heavy atom. The smallest absolute Gasteiger partial charge is 0.361 e. The fourth-order valence-electron chi connectivity index (χ4n) is 2.74. The molecule has 0 radical (unpaired) electrons. The lowest BCUT2D eigenvalue weighted by Crippen LogP contribution is -3.00. The van der Waals surface area contributed by atoms with Crippen LogP contribution >= 0.6 is 0 Å². The van der Waals surface area contributed by atoms with Crippen molar-refractivity contribution in [3.05, 3.63) is 47.5 Å². The van der Waals surface area contributed by atoms with Crippen LogP contribution in [0.4, 0.5) is 0 Å². The monoisotopic (exact) mass is 381 g/mol. The Morgan fingerprint density at radius 2 is 1.73 bits per heavy atom. The van der Waals surface area contributed by atoms with Gasteiger partial charge in [0.2, 0.25) is 0 Å². The largest absolute Gasteiger partial charge is 1.00 e. The Balaban J connectivity index is 0.00000625. The second-order valence-corrected chi connectivity index (χ2v) is 7.62. The SMILES string of the molecule is CCCCCCCOC(=O)C[N+](C)(C)C/C=C(\C)Cc1ccccc1.[Cl-]. The van der Waals surface area contributed by atoms with E-state index in [1.807, 2.05) is 6.07 Å². The number of unbranched alkanes of at least 4 members (excludes halogenated alkanes) is 4. The molecule has 26 heavy (non-hydrogen) atoms. The van der Waals surface area contributed by atoms with E-state index in [-0.39, 0.29) is 18.4 Å². The molecule has 3 nitrogen and oxygen atoms in total. The van der Waals surface area contributed by atoms with Crippen LogP contribution in [0.15, 0.2) is 42.0 Å². The first-order chi connectivity index (χ1) is 11.9. The van der Waals surface area contributed by atoms with E-state index in [4.69, 9.17) is 4.74 Å². The van der Waals surface area contributed by atoms with Gasteiger partial charge in [0.15, 0.2) is 6.54 Å². The standard InChI is InChI=1S/C22H36NO2.ClH/c1-5-6-7-8-12-17-25-22(24)19-23(3,4)16-15-20(2)18-21-13-10-9-11-14-21;/h9-11,13-15H,5-8,12,16-19H2,1-4H3;1H/q+1;/p-1/b20-15+;. The summed E-state index contributed by atoms with van der Waals surface area (Å²) >= 11 is 0. The highest BCUT2D eigenvalue weighted by atomic mass is 35.5. The highest BCUT2D eigenvalue weighted by molar-refractivity contribution is 5.70. The minimum Gasteiger partial charge on any atom is -1.00 e. The van der Waals surface area contributed by atoms with Crippen LogP contribution in [0.2, 0.25) is 0 Å². The molecule has 0 aromatic heterocycles. The summed E-state index contributed by atoms with van der Waals surface area (Å²) in [5, 5.41) is 0. The Morgan fingerprint density at radius 1 is 1.08 bits per heavy atom. The molecule has 0 aliphatic rings. The summed E-state index contributed by atoms with van der Waals surface area (Å²) < 4.78 is 6.01. The van der Waals surface area contributed by atoms with E-state index in [9.17, 15) is 4.79 Å². The first-order valence-electron chi connectivity index (χ1n) is 9.60. The van der Waals surface area contributed by atoms with Crippen molar-refractivity contribution in [2.45, 2.75) is 52.4 Å². The zero-order chi connectivity index (χ0) is 18.5. The number of hydrogen-bond acceptors (Lipinski definition) is 2. The fourth-order valence-corrected chi connectivity index (χ4v) is 2.74. The van der Waals surface area contributed by atoms with Gasteiger partial charge in [0.1, 0.15) is 0 Å². The van der Waals surface area contributed by atoms with Crippen LogP contribution in [0, 0.1) is 0 Å². The second kappa shape index (κ2) is 13.8. The van der Waals surface area contributed by atoms with Gasteiger partial charge in [-0.15, -0.1) is 0 Å². The van der Waals surface area contributed by atoms with Gasteiger partial charge in [-0.3, -0.25) is 0 Å². The Hall–Kier alpha value is -1.32. The van der Waals surface area contributed by atoms with Crippen LogP contribution in [-0.2, 0) is 16.0 Å². The number of ether oxygens (including phenoxy) is 1. The molecule has 148 valence electrons. The first kappa shape index (κ1) is 24.7. The normalized spacial score (nSPS) is 11.8. The van der Waals surface area contributed by atoms with Crippen LogP contribution in [-0.4, -0.2) is 44.2 Å². The van der Waals surface area contributed by atoms with E-state index in [0.717, 1.165) is 25.8 Å². The number of likely N-dealkylation sites (N-methyl/N-ethyl adjacent to an activating group) is 1. The number of carbonyl (C=O) groups is 1. The van der Waals surface area contributed by atoms with Crippen LogP contribution in [0.25, 0.3) is 0 Å². The van der Waals surface area contributed by atoms with Gasteiger partial charge >= 0.3 is 5.97 Å². The minimum atomic E-state index is -0.0883. The molecular weight excluding hydrogens is 346 g/mol. The lowest BCUT2D eigenvalue weighted by molar-refractivity contribution is -0.877. The number of rotatable bonds is 12. The molecule has 0 atom stereocenters. The van der Waals surface area contributed by atoms with Crippen LogP contribution in [0.3, 0.4) is 0 Å². The van der Waals surface area contributed by atoms with E-state index in [1.54, 1.807) is 0 Å². The maximum Gasteiger partial charge on any atom is 0.361 e. The van der Waals surface area contributed by atoms with Gasteiger partial charge in [-0.2, -0.15) is 0 Å². The summed E-state index contributed by atoms with van der Waals surface area (Å²) in [6.07, 6.45) is 9.08. The quantitative estimate of drug-likeness (QED) is 0.239. The maximum atomic E-state index is 12.0. The number of allylic oxidation sites excluding steroid dienone is 1. The van der Waals surface area contributed by atoms with Crippen molar-refractivity contribution >= 4 is 5.97 Å². The molecule has 0 bridgehead atoms. The number of nitrogens with zero attached hydrogens (tertiary/aromatic N) is 1. The molecule has 0 saturated carbocycles. The first-order valence-corrected chi connectivity index (χ1v) is 9.60. The van der Waals surface area contributed by atoms with E-state index < -0.39 is 0 Å². The zero-order valence-electron chi connectivity index (χ0n) is 17.0. The molecule has 0 amide bonds. The summed E-state index contributed by atoms with van der Waals surface area (Å²) in [5.41, 5.74) is 2.66. The van der Waals surface area contributed by atoms with Crippen molar-refractivity contribution in [3.8, 4) is 0 Å². The van der Waals surface area contributed by atoms with Crippen LogP contribution in [0.5, 0.6) is 0 Å². The average Bonchev–Trinajstić information content (AvgIpc) is 2.57. The number of halogens is 1. The number of quaternary nitrogens is 1. The van der Waals surface area contributed by atoms with E-state index in [1.165, 1.54) is 30.4 Å². The fraction of sp³-hybridized carbons (Fsp3) is 0.591. The predicted octanol–water partition coefficient (Wildman–Crippen LogP) is 1.77. The van der Waals surface area contributed by atoms with Crippen molar-refractivity contribution < 1.29 is 26.4 Å². The molecule has 1 aromatic carbocycles. The van der Waals surface area contributed by atoms with Gasteiger partial charge in [0, 0.05) is 0 Å². The molecule has 0 saturated heterocycles. The third-order valence-corrected chi connectivity index (χ3v) is 4.33. The molecule has 0 unspecified atom stereocenters. The van der Waals surface area contributed by atoms with Crippen molar-refractivity contribution in [2.75, 3.05) is 33.8 Å². The lowest BCUT2D eigenvalue weighted by atomic mass is 10.1. The van der Waals surface area contributed by atoms with Crippen LogP contribution < -0.4 is 12.4 Å². The van der Waals surface area contributed by atoms with Gasteiger partial charge < -0.3 is 21.6 Å². The summed E-state index contributed by atoms with van der Waals surface area (Å²) in [4.78, 5) is 12.0. The third-order valence-electron chi connectivity index (χ3n) is 4.33. The number of esters is 1. The molecule has 0 fully saturated rings. The molecule has 0 N–H and O–H groups in total. The summed E-state index contributed by atoms with van der Waals surface area (Å²) in [6.45, 7) is 6.18. The molecule has 0 spiro atoms. The molecule has 1 rings (SSSR count). The van der Waals surface area contributed by atoms with Gasteiger partial charge in [0.25, 0.3) is 0 Å². The maximum absolute atomic E-state index is 12.0.